The van der Waals surface area contributed by atoms with Crippen molar-refractivity contribution in [1.29, 1.82) is 0 Å². The predicted octanol–water partition coefficient (Wildman–Crippen LogP) is 3.13. The fourth-order valence-electron chi connectivity index (χ4n) is 1.81. The van der Waals surface area contributed by atoms with Gasteiger partial charge in [0.05, 0.1) is 15.7 Å². The summed E-state index contributed by atoms with van der Waals surface area (Å²) in [6, 6.07) is 3.78. The lowest BCUT2D eigenvalue weighted by Crippen LogP contribution is -2.33. The second-order valence-corrected chi connectivity index (χ2v) is 6.51. The van der Waals surface area contributed by atoms with Gasteiger partial charge >= 0.3 is 5.97 Å². The second kappa shape index (κ2) is 5.80. The van der Waals surface area contributed by atoms with Crippen LogP contribution in [0.15, 0.2) is 15.9 Å². The zero-order chi connectivity index (χ0) is 12.3. The monoisotopic (exact) mass is 305 g/mol. The molecule has 16 heavy (non-hydrogen) atoms. The Balaban J connectivity index is 3.00. The molecule has 90 valence electrons. The Morgan fingerprint density at radius 2 is 2.12 bits per heavy atom. The number of carbonyl (C=O) groups is 1. The predicted molar refractivity (Wildman–Crippen MR) is 69.8 cm³/mol. The number of thiophene rings is 1. The summed E-state index contributed by atoms with van der Waals surface area (Å²) >= 11 is 4.97. The highest BCUT2D eigenvalue weighted by Crippen LogP contribution is 2.34. The van der Waals surface area contributed by atoms with E-state index in [1.165, 1.54) is 0 Å². The standard InChI is InChI=1S/C11H16BrNO2S/c1-6(2)9(11(14)15)10(13-3)7-4-5-8(12)16-7/h4-6,9-10,13H,1-3H3,(H,14,15). The number of carboxylic acid groups (broad SMARTS) is 1. The molecule has 0 aliphatic carbocycles. The largest absolute Gasteiger partial charge is 0.481 e. The van der Waals surface area contributed by atoms with Crippen LogP contribution in [0.3, 0.4) is 0 Å². The number of hydrogen-bond donors (Lipinski definition) is 2. The molecule has 2 atom stereocenters. The van der Waals surface area contributed by atoms with Gasteiger partial charge < -0.3 is 10.4 Å². The molecule has 2 unspecified atom stereocenters. The maximum Gasteiger partial charge on any atom is 0.308 e. The Kier molecular flexibility index (Phi) is 4.95. The maximum absolute atomic E-state index is 11.3. The Labute approximate surface area is 108 Å². The number of carboxylic acids is 1. The molecule has 1 rings (SSSR count). The van der Waals surface area contributed by atoms with E-state index in [-0.39, 0.29) is 12.0 Å². The van der Waals surface area contributed by atoms with Crippen molar-refractivity contribution < 1.29 is 9.90 Å². The van der Waals surface area contributed by atoms with E-state index >= 15 is 0 Å². The smallest absolute Gasteiger partial charge is 0.308 e. The summed E-state index contributed by atoms with van der Waals surface area (Å²) in [5.41, 5.74) is 0. The molecule has 5 heteroatoms. The molecule has 0 saturated carbocycles. The number of halogens is 1. The van der Waals surface area contributed by atoms with Gasteiger partial charge in [-0.25, -0.2) is 0 Å². The summed E-state index contributed by atoms with van der Waals surface area (Å²) in [5.74, 6) is -1.06. The summed E-state index contributed by atoms with van der Waals surface area (Å²) in [6.07, 6.45) is 0. The second-order valence-electron chi connectivity index (χ2n) is 4.02. The van der Waals surface area contributed by atoms with Crippen LogP contribution in [-0.2, 0) is 4.79 Å². The minimum atomic E-state index is -0.751. The van der Waals surface area contributed by atoms with Crippen molar-refractivity contribution in [1.82, 2.24) is 5.32 Å². The molecule has 0 aliphatic rings. The van der Waals surface area contributed by atoms with Crippen LogP contribution in [0.1, 0.15) is 24.8 Å². The summed E-state index contributed by atoms with van der Waals surface area (Å²) in [5, 5.41) is 12.4. The van der Waals surface area contributed by atoms with E-state index in [1.54, 1.807) is 18.4 Å². The average molecular weight is 306 g/mol. The van der Waals surface area contributed by atoms with Crippen LogP contribution in [0.4, 0.5) is 0 Å². The third-order valence-corrected chi connectivity index (χ3v) is 4.28. The molecule has 3 nitrogen and oxygen atoms in total. The quantitative estimate of drug-likeness (QED) is 0.878. The van der Waals surface area contributed by atoms with Gasteiger partial charge in [-0.05, 0) is 41.0 Å². The van der Waals surface area contributed by atoms with Crippen LogP contribution >= 0.6 is 27.3 Å². The molecule has 0 amide bonds. The maximum atomic E-state index is 11.3. The highest BCUT2D eigenvalue weighted by Gasteiger charge is 2.31. The van der Waals surface area contributed by atoms with Crippen LogP contribution in [0.5, 0.6) is 0 Å². The van der Waals surface area contributed by atoms with Crippen molar-refractivity contribution in [2.24, 2.45) is 11.8 Å². The van der Waals surface area contributed by atoms with Gasteiger partial charge in [-0.1, -0.05) is 13.8 Å². The topological polar surface area (TPSA) is 49.3 Å². The van der Waals surface area contributed by atoms with E-state index in [2.05, 4.69) is 21.2 Å². The van der Waals surface area contributed by atoms with Crippen molar-refractivity contribution in [3.8, 4) is 0 Å². The number of nitrogens with one attached hydrogen (secondary N) is 1. The van der Waals surface area contributed by atoms with Crippen molar-refractivity contribution in [3.63, 3.8) is 0 Å². The molecule has 2 N–H and O–H groups in total. The van der Waals surface area contributed by atoms with Crippen LogP contribution in [0.2, 0.25) is 0 Å². The van der Waals surface area contributed by atoms with Gasteiger partial charge in [-0.15, -0.1) is 11.3 Å². The summed E-state index contributed by atoms with van der Waals surface area (Å²) in [6.45, 7) is 3.87. The van der Waals surface area contributed by atoms with Crippen molar-refractivity contribution in [2.45, 2.75) is 19.9 Å². The van der Waals surface area contributed by atoms with Crippen molar-refractivity contribution >= 4 is 33.2 Å². The van der Waals surface area contributed by atoms with E-state index in [0.717, 1.165) is 8.66 Å². The van der Waals surface area contributed by atoms with Gasteiger partial charge in [0.2, 0.25) is 0 Å². The normalized spacial score (nSPS) is 15.1. The summed E-state index contributed by atoms with van der Waals surface area (Å²) in [4.78, 5) is 12.3. The Hall–Kier alpha value is -0.390. The van der Waals surface area contributed by atoms with Crippen LogP contribution in [0.25, 0.3) is 0 Å². The molecule has 0 fully saturated rings. The average Bonchev–Trinajstić information content (AvgIpc) is 2.59. The van der Waals surface area contributed by atoms with E-state index in [0.29, 0.717) is 0 Å². The van der Waals surface area contributed by atoms with E-state index in [9.17, 15) is 9.90 Å². The van der Waals surface area contributed by atoms with Gasteiger partial charge in [0.1, 0.15) is 0 Å². The van der Waals surface area contributed by atoms with Gasteiger partial charge in [0, 0.05) is 4.88 Å². The molecule has 0 spiro atoms. The minimum absolute atomic E-state index is 0.0934. The van der Waals surface area contributed by atoms with Crippen LogP contribution < -0.4 is 5.32 Å². The highest BCUT2D eigenvalue weighted by molar-refractivity contribution is 9.11. The fourth-order valence-corrected chi connectivity index (χ4v) is 3.39. The first-order valence-electron chi connectivity index (χ1n) is 5.12. The molecule has 0 aliphatic heterocycles. The van der Waals surface area contributed by atoms with Crippen molar-refractivity contribution in [3.05, 3.63) is 20.8 Å². The van der Waals surface area contributed by atoms with Gasteiger partial charge in [0.25, 0.3) is 0 Å². The van der Waals surface area contributed by atoms with Crippen molar-refractivity contribution in [2.75, 3.05) is 7.05 Å². The summed E-state index contributed by atoms with van der Waals surface area (Å²) < 4.78 is 1.02. The van der Waals surface area contributed by atoms with Gasteiger partial charge in [-0.3, -0.25) is 4.79 Å². The lowest BCUT2D eigenvalue weighted by Gasteiger charge is -2.25. The number of hydrogen-bond acceptors (Lipinski definition) is 3. The number of aliphatic carboxylic acids is 1. The van der Waals surface area contributed by atoms with Crippen LogP contribution in [0, 0.1) is 11.8 Å². The Morgan fingerprint density at radius 3 is 2.44 bits per heavy atom. The lowest BCUT2D eigenvalue weighted by atomic mass is 9.88. The molecule has 1 aromatic rings. The SMILES string of the molecule is CNC(c1ccc(Br)s1)C(C(=O)O)C(C)C. The van der Waals surface area contributed by atoms with Crippen LogP contribution in [-0.4, -0.2) is 18.1 Å². The first kappa shape index (κ1) is 13.7. The molecule has 1 heterocycles. The summed E-state index contributed by atoms with van der Waals surface area (Å²) in [7, 11) is 1.80. The zero-order valence-corrected chi connectivity index (χ0v) is 11.9. The Morgan fingerprint density at radius 1 is 1.50 bits per heavy atom. The first-order chi connectivity index (χ1) is 7.47. The molecule has 0 radical (unpaired) electrons. The molecule has 0 bridgehead atoms. The van der Waals surface area contributed by atoms with E-state index < -0.39 is 11.9 Å². The molecular weight excluding hydrogens is 290 g/mol. The fraction of sp³-hybridized carbons (Fsp3) is 0.545. The molecule has 0 aromatic carbocycles. The third-order valence-electron chi connectivity index (χ3n) is 2.57. The third kappa shape index (κ3) is 3.06. The number of rotatable bonds is 5. The minimum Gasteiger partial charge on any atom is -0.481 e. The van der Waals surface area contributed by atoms with Gasteiger partial charge in [-0.2, -0.15) is 0 Å². The van der Waals surface area contributed by atoms with Gasteiger partial charge in [0.15, 0.2) is 0 Å². The molecule has 0 saturated heterocycles. The van der Waals surface area contributed by atoms with E-state index in [4.69, 9.17) is 0 Å². The Bertz CT molecular complexity index is 365. The molecular formula is C11H16BrNO2S. The highest BCUT2D eigenvalue weighted by atomic mass is 79.9. The lowest BCUT2D eigenvalue weighted by molar-refractivity contribution is -0.144. The first-order valence-corrected chi connectivity index (χ1v) is 6.73. The molecule has 1 aromatic heterocycles. The van der Waals surface area contributed by atoms with E-state index in [1.807, 2.05) is 26.0 Å². The zero-order valence-electron chi connectivity index (χ0n) is 9.53.